The number of hydrogen-bond acceptors (Lipinski definition) is 5. The highest BCUT2D eigenvalue weighted by Gasteiger charge is 2.45. The van der Waals surface area contributed by atoms with E-state index in [1.54, 1.807) is 24.2 Å². The second-order valence-corrected chi connectivity index (χ2v) is 10.7. The lowest BCUT2D eigenvalue weighted by Crippen LogP contribution is -2.46. The third-order valence-corrected chi connectivity index (χ3v) is 5.32. The molecule has 6 nitrogen and oxygen atoms in total. The van der Waals surface area contributed by atoms with Crippen LogP contribution in [0.2, 0.25) is 0 Å². The summed E-state index contributed by atoms with van der Waals surface area (Å²) in [6.07, 6.45) is 6.37. The van der Waals surface area contributed by atoms with E-state index >= 15 is 0 Å². The quantitative estimate of drug-likeness (QED) is 0.654. The SMILES string of the molecule is C=C1NC(=NC)C=CN1[C@@H]1O[C@H](CCP(=C)(C)C)[C@@H](O)C1O. The third kappa shape index (κ3) is 3.82. The number of nitrogens with one attached hydrogen (secondary N) is 1. The van der Waals surface area contributed by atoms with Crippen LogP contribution in [0.1, 0.15) is 6.42 Å². The van der Waals surface area contributed by atoms with Crippen molar-refractivity contribution in [3.8, 4) is 0 Å². The van der Waals surface area contributed by atoms with Crippen molar-refractivity contribution in [1.29, 1.82) is 0 Å². The molecule has 1 saturated heterocycles. The number of aliphatic hydroxyl groups excluding tert-OH is 2. The molecule has 1 unspecified atom stereocenters. The number of aliphatic imine (C=N–C) groups is 1. The van der Waals surface area contributed by atoms with Gasteiger partial charge in [0.25, 0.3) is 0 Å². The van der Waals surface area contributed by atoms with Gasteiger partial charge in [-0.1, -0.05) is 6.58 Å². The maximum atomic E-state index is 10.3. The standard InChI is InChI=1S/C15H26N3O3P/c1-10-17-12(16-2)6-8-18(10)15-14(20)13(19)11(21-15)7-9-22(3,4)5/h6,8,11,13-15,19-20H,1,3,7,9H2,2,4-5H3,(H,16,17)/t11-,13-,14?,15-/m1/s1. The molecule has 0 radical (unpaired) electrons. The Bertz CT molecular complexity index is 540. The Morgan fingerprint density at radius 1 is 1.41 bits per heavy atom. The van der Waals surface area contributed by atoms with E-state index in [-0.39, 0.29) is 6.10 Å². The number of amidine groups is 1. The van der Waals surface area contributed by atoms with Crippen molar-refractivity contribution >= 4 is 19.0 Å². The number of hydrogen-bond donors (Lipinski definition) is 3. The lowest BCUT2D eigenvalue weighted by atomic mass is 10.1. The predicted molar refractivity (Wildman–Crippen MR) is 92.7 cm³/mol. The van der Waals surface area contributed by atoms with Crippen LogP contribution in [0.15, 0.2) is 29.7 Å². The van der Waals surface area contributed by atoms with Crippen LogP contribution < -0.4 is 5.32 Å². The number of nitrogens with zero attached hydrogens (tertiary/aromatic N) is 2. The molecule has 22 heavy (non-hydrogen) atoms. The van der Waals surface area contributed by atoms with Crippen molar-refractivity contribution in [1.82, 2.24) is 10.2 Å². The van der Waals surface area contributed by atoms with E-state index in [2.05, 4.69) is 36.5 Å². The Morgan fingerprint density at radius 3 is 2.64 bits per heavy atom. The van der Waals surface area contributed by atoms with Gasteiger partial charge in [-0.2, -0.15) is 0 Å². The van der Waals surface area contributed by atoms with Crippen LogP contribution in [0.3, 0.4) is 0 Å². The summed E-state index contributed by atoms with van der Waals surface area (Å²) in [6.45, 7) is 7.02. The van der Waals surface area contributed by atoms with E-state index < -0.39 is 25.3 Å². The monoisotopic (exact) mass is 327 g/mol. The first-order chi connectivity index (χ1) is 10.2. The highest BCUT2D eigenvalue weighted by atomic mass is 31.2. The first kappa shape index (κ1) is 17.3. The molecule has 0 amide bonds. The minimum absolute atomic E-state index is 0.386. The summed E-state index contributed by atoms with van der Waals surface area (Å²) in [4.78, 5) is 5.73. The van der Waals surface area contributed by atoms with Gasteiger partial charge in [0.2, 0.25) is 0 Å². The van der Waals surface area contributed by atoms with Crippen LogP contribution in [-0.4, -0.2) is 78.3 Å². The van der Waals surface area contributed by atoms with Crippen molar-refractivity contribution < 1.29 is 14.9 Å². The molecule has 0 aromatic carbocycles. The fourth-order valence-electron chi connectivity index (χ4n) is 2.54. The zero-order chi connectivity index (χ0) is 16.5. The summed E-state index contributed by atoms with van der Waals surface area (Å²) in [5.74, 6) is 1.25. The third-order valence-electron chi connectivity index (χ3n) is 3.85. The molecule has 1 fully saturated rings. The molecule has 124 valence electrons. The molecule has 7 heteroatoms. The molecule has 0 spiro atoms. The van der Waals surface area contributed by atoms with Gasteiger partial charge < -0.3 is 25.2 Å². The molecule has 2 heterocycles. The van der Waals surface area contributed by atoms with Crippen LogP contribution >= 0.6 is 6.89 Å². The highest BCUT2D eigenvalue weighted by Crippen LogP contribution is 2.38. The molecule has 3 N–H and O–H groups in total. The predicted octanol–water partition coefficient (Wildman–Crippen LogP) is 0.451. The molecule has 0 saturated carbocycles. The summed E-state index contributed by atoms with van der Waals surface area (Å²) in [6, 6.07) is 0. The van der Waals surface area contributed by atoms with Crippen molar-refractivity contribution in [2.75, 3.05) is 26.5 Å². The summed E-state index contributed by atoms with van der Waals surface area (Å²) in [5, 5.41) is 23.5. The summed E-state index contributed by atoms with van der Waals surface area (Å²) >= 11 is 0. The lowest BCUT2D eigenvalue weighted by Gasteiger charge is -2.33. The van der Waals surface area contributed by atoms with Gasteiger partial charge in [-0.3, -0.25) is 4.99 Å². The molecule has 2 aliphatic rings. The Morgan fingerprint density at radius 2 is 2.09 bits per heavy atom. The number of aliphatic hydroxyl groups is 2. The molecule has 4 atom stereocenters. The van der Waals surface area contributed by atoms with Crippen molar-refractivity contribution in [3.63, 3.8) is 0 Å². The fraction of sp³-hybridized carbons (Fsp3) is 0.600. The molecule has 0 aliphatic carbocycles. The molecule has 0 aromatic rings. The first-order valence-corrected chi connectivity index (χ1v) is 10.4. The summed E-state index contributed by atoms with van der Waals surface area (Å²) < 4.78 is 5.88. The topological polar surface area (TPSA) is 77.3 Å². The number of rotatable bonds is 4. The molecular formula is C15H26N3O3P. The Hall–Kier alpha value is -1.07. The Kier molecular flexibility index (Phi) is 5.17. The highest BCUT2D eigenvalue weighted by molar-refractivity contribution is 7.72. The van der Waals surface area contributed by atoms with E-state index in [9.17, 15) is 10.2 Å². The van der Waals surface area contributed by atoms with Gasteiger partial charge >= 0.3 is 0 Å². The number of ether oxygens (including phenoxy) is 1. The van der Waals surface area contributed by atoms with Gasteiger partial charge in [-0.25, -0.2) is 0 Å². The van der Waals surface area contributed by atoms with Gasteiger partial charge in [0.1, 0.15) is 23.9 Å². The minimum atomic E-state index is -1.19. The van der Waals surface area contributed by atoms with E-state index in [1.165, 1.54) is 0 Å². The Labute approximate surface area is 132 Å². The van der Waals surface area contributed by atoms with Crippen LogP contribution in [-0.2, 0) is 4.74 Å². The van der Waals surface area contributed by atoms with Gasteiger partial charge in [-0.15, -0.1) is 13.2 Å². The van der Waals surface area contributed by atoms with Crippen LogP contribution in [0, 0.1) is 0 Å². The van der Waals surface area contributed by atoms with Gasteiger partial charge in [-0.05, 0) is 32.0 Å². The van der Waals surface area contributed by atoms with E-state index in [1.807, 2.05) is 0 Å². The smallest absolute Gasteiger partial charge is 0.164 e. The second-order valence-electron chi connectivity index (χ2n) is 6.40. The first-order valence-electron chi connectivity index (χ1n) is 7.31. The molecular weight excluding hydrogens is 301 g/mol. The van der Waals surface area contributed by atoms with E-state index in [4.69, 9.17) is 4.74 Å². The molecule has 2 rings (SSSR count). The largest absolute Gasteiger partial charge is 0.388 e. The summed E-state index contributed by atoms with van der Waals surface area (Å²) in [5.41, 5.74) is 0. The van der Waals surface area contributed by atoms with Gasteiger partial charge in [0.05, 0.1) is 6.10 Å². The molecule has 2 aliphatic heterocycles. The van der Waals surface area contributed by atoms with Crippen LogP contribution in [0.5, 0.6) is 0 Å². The van der Waals surface area contributed by atoms with Crippen molar-refractivity contribution in [2.45, 2.75) is 31.0 Å². The molecule has 0 aromatic heterocycles. The van der Waals surface area contributed by atoms with E-state index in [0.29, 0.717) is 18.1 Å². The van der Waals surface area contributed by atoms with Crippen LogP contribution in [0.25, 0.3) is 0 Å². The van der Waals surface area contributed by atoms with Crippen molar-refractivity contribution in [2.24, 2.45) is 4.99 Å². The minimum Gasteiger partial charge on any atom is -0.388 e. The van der Waals surface area contributed by atoms with Crippen LogP contribution in [0.4, 0.5) is 0 Å². The average Bonchev–Trinajstić information content (AvgIpc) is 2.72. The lowest BCUT2D eigenvalue weighted by molar-refractivity contribution is -0.0590. The molecule has 0 bridgehead atoms. The van der Waals surface area contributed by atoms with E-state index in [0.717, 1.165) is 6.16 Å². The average molecular weight is 327 g/mol. The maximum Gasteiger partial charge on any atom is 0.164 e. The zero-order valence-corrected chi connectivity index (χ0v) is 14.3. The zero-order valence-electron chi connectivity index (χ0n) is 13.4. The Balaban J connectivity index is 2.07. The summed E-state index contributed by atoms with van der Waals surface area (Å²) in [7, 11) is 1.68. The van der Waals surface area contributed by atoms with Gasteiger partial charge in [0.15, 0.2) is 6.23 Å². The second kappa shape index (κ2) is 6.59. The van der Waals surface area contributed by atoms with Crippen molar-refractivity contribution in [3.05, 3.63) is 24.7 Å². The maximum absolute atomic E-state index is 10.3. The normalized spacial score (nSPS) is 34.3. The fourth-order valence-corrected chi connectivity index (χ4v) is 3.49. The van der Waals surface area contributed by atoms with Gasteiger partial charge in [0, 0.05) is 13.2 Å².